The third-order valence-corrected chi connectivity index (χ3v) is 6.91. The molecule has 0 unspecified atom stereocenters. The van der Waals surface area contributed by atoms with Crippen molar-refractivity contribution < 1.29 is 17.9 Å². The van der Waals surface area contributed by atoms with Crippen molar-refractivity contribution in [2.24, 2.45) is 0 Å². The van der Waals surface area contributed by atoms with Crippen LogP contribution in [-0.4, -0.2) is 20.9 Å². The van der Waals surface area contributed by atoms with Gasteiger partial charge in [-0.25, -0.2) is 8.42 Å². The van der Waals surface area contributed by atoms with Gasteiger partial charge in [0.15, 0.2) is 6.61 Å². The molecule has 3 aromatic rings. The average Bonchev–Trinajstić information content (AvgIpc) is 2.74. The van der Waals surface area contributed by atoms with Gasteiger partial charge in [0, 0.05) is 0 Å². The van der Waals surface area contributed by atoms with Gasteiger partial charge in [-0.15, -0.1) is 0 Å². The molecule has 0 spiro atoms. The molecule has 3 rings (SSSR count). The van der Waals surface area contributed by atoms with Gasteiger partial charge >= 0.3 is 0 Å². The van der Waals surface area contributed by atoms with Crippen LogP contribution in [0.2, 0.25) is 0 Å². The van der Waals surface area contributed by atoms with Gasteiger partial charge in [0.25, 0.3) is 15.9 Å². The molecule has 7 heteroatoms. The van der Waals surface area contributed by atoms with Crippen molar-refractivity contribution >= 4 is 37.5 Å². The van der Waals surface area contributed by atoms with E-state index in [9.17, 15) is 13.2 Å². The normalized spacial score (nSPS) is 11.2. The number of nitrogens with zero attached hydrogens (tertiary/aromatic N) is 1. The number of carbonyl (C=O) groups is 1. The summed E-state index contributed by atoms with van der Waals surface area (Å²) in [7, 11) is -4.10. The molecule has 1 amide bonds. The van der Waals surface area contributed by atoms with Crippen molar-refractivity contribution in [3.8, 4) is 5.75 Å². The predicted molar refractivity (Wildman–Crippen MR) is 121 cm³/mol. The molecule has 0 aliphatic heterocycles. The minimum Gasteiger partial charge on any atom is -0.483 e. The van der Waals surface area contributed by atoms with Crippen molar-refractivity contribution in [2.45, 2.75) is 25.2 Å². The van der Waals surface area contributed by atoms with Gasteiger partial charge in [0.1, 0.15) is 5.75 Å². The van der Waals surface area contributed by atoms with E-state index in [2.05, 4.69) is 15.9 Å². The fourth-order valence-electron chi connectivity index (χ4n) is 2.90. The van der Waals surface area contributed by atoms with Gasteiger partial charge in [-0.05, 0) is 76.8 Å². The number of sulfonamides is 1. The quantitative estimate of drug-likeness (QED) is 0.463. The van der Waals surface area contributed by atoms with E-state index in [0.29, 0.717) is 10.2 Å². The lowest BCUT2D eigenvalue weighted by Crippen LogP contribution is -2.40. The van der Waals surface area contributed by atoms with Crippen LogP contribution in [0.15, 0.2) is 82.2 Å². The molecule has 156 valence electrons. The summed E-state index contributed by atoms with van der Waals surface area (Å²) in [6.45, 7) is 3.52. The fourth-order valence-corrected chi connectivity index (χ4v) is 4.94. The number of aryl methyl sites for hydroxylation is 2. The summed E-state index contributed by atoms with van der Waals surface area (Å²) in [5.74, 6) is -0.220. The number of amides is 1. The lowest BCUT2D eigenvalue weighted by Gasteiger charge is -2.23. The number of ether oxygens (including phenoxy) is 1. The minimum atomic E-state index is -4.10. The van der Waals surface area contributed by atoms with Gasteiger partial charge in [-0.2, -0.15) is 4.31 Å². The van der Waals surface area contributed by atoms with Gasteiger partial charge in [0.2, 0.25) is 0 Å². The highest BCUT2D eigenvalue weighted by Crippen LogP contribution is 2.28. The summed E-state index contributed by atoms with van der Waals surface area (Å²) in [4.78, 5) is 13.1. The second-order valence-corrected chi connectivity index (χ2v) is 9.36. The molecule has 0 heterocycles. The number of hydrogen-bond donors (Lipinski definition) is 0. The molecule has 5 nitrogen and oxygen atoms in total. The Morgan fingerprint density at radius 3 is 2.27 bits per heavy atom. The topological polar surface area (TPSA) is 63.7 Å². The van der Waals surface area contributed by atoms with Crippen LogP contribution in [-0.2, 0) is 21.2 Å². The fraction of sp³-hybridized carbons (Fsp3) is 0.174. The Morgan fingerprint density at radius 1 is 1.00 bits per heavy atom. The molecule has 0 aromatic heterocycles. The van der Waals surface area contributed by atoms with Crippen LogP contribution in [0.4, 0.5) is 5.69 Å². The lowest BCUT2D eigenvalue weighted by molar-refractivity contribution is -0.119. The Morgan fingerprint density at radius 2 is 1.67 bits per heavy atom. The summed E-state index contributed by atoms with van der Waals surface area (Å²) in [5.41, 5.74) is 2.35. The highest BCUT2D eigenvalue weighted by atomic mass is 79.9. The number of rotatable bonds is 7. The number of benzene rings is 3. The first-order valence-electron chi connectivity index (χ1n) is 9.44. The molecular weight excluding hydrogens is 466 g/mol. The maximum atomic E-state index is 13.3. The molecule has 0 fully saturated rings. The third-order valence-electron chi connectivity index (χ3n) is 4.53. The van der Waals surface area contributed by atoms with E-state index < -0.39 is 22.5 Å². The van der Waals surface area contributed by atoms with Crippen molar-refractivity contribution in [2.75, 3.05) is 10.9 Å². The average molecular weight is 488 g/mol. The minimum absolute atomic E-state index is 0.0365. The van der Waals surface area contributed by atoms with Crippen LogP contribution in [0, 0.1) is 6.92 Å². The van der Waals surface area contributed by atoms with Crippen LogP contribution >= 0.6 is 15.9 Å². The molecular formula is C23H22BrNO4S. The van der Waals surface area contributed by atoms with Crippen molar-refractivity contribution in [1.29, 1.82) is 0 Å². The molecule has 0 aliphatic rings. The summed E-state index contributed by atoms with van der Waals surface area (Å²) in [6, 6.07) is 20.2. The van der Waals surface area contributed by atoms with Crippen LogP contribution in [0.5, 0.6) is 5.75 Å². The first-order chi connectivity index (χ1) is 14.3. The van der Waals surface area contributed by atoms with E-state index in [1.54, 1.807) is 36.4 Å². The molecule has 0 atom stereocenters. The monoisotopic (exact) mass is 487 g/mol. The van der Waals surface area contributed by atoms with E-state index in [1.165, 1.54) is 12.1 Å². The zero-order chi connectivity index (χ0) is 21.7. The number of anilines is 1. The van der Waals surface area contributed by atoms with Gasteiger partial charge in [0.05, 0.1) is 15.1 Å². The first-order valence-corrected chi connectivity index (χ1v) is 11.7. The van der Waals surface area contributed by atoms with Crippen molar-refractivity contribution in [1.82, 2.24) is 0 Å². The van der Waals surface area contributed by atoms with Crippen LogP contribution in [0.3, 0.4) is 0 Å². The maximum absolute atomic E-state index is 13.3. The zero-order valence-electron chi connectivity index (χ0n) is 16.7. The van der Waals surface area contributed by atoms with E-state index in [4.69, 9.17) is 4.74 Å². The smallest absolute Gasteiger partial charge is 0.278 e. The largest absolute Gasteiger partial charge is 0.483 e. The van der Waals surface area contributed by atoms with E-state index in [0.717, 1.165) is 21.9 Å². The standard InChI is InChI=1S/C23H22BrNO4S/c1-3-18-10-12-19(13-11-18)25(30(27,28)20-7-5-4-6-8-20)23(26)16-29-22-14-9-17(2)15-21(22)24/h4-15H,3,16H2,1-2H3. The first kappa shape index (κ1) is 22.1. The molecule has 0 N–H and O–H groups in total. The second kappa shape index (κ2) is 9.45. The predicted octanol–water partition coefficient (Wildman–Crippen LogP) is 5.12. The van der Waals surface area contributed by atoms with Crippen LogP contribution < -0.4 is 9.04 Å². The highest BCUT2D eigenvalue weighted by molar-refractivity contribution is 9.10. The summed E-state index contributed by atoms with van der Waals surface area (Å²) >= 11 is 3.40. The van der Waals surface area contributed by atoms with Crippen molar-refractivity contribution in [3.05, 3.63) is 88.4 Å². The Balaban J connectivity index is 1.94. The SMILES string of the molecule is CCc1ccc(N(C(=O)COc2ccc(C)cc2Br)S(=O)(=O)c2ccccc2)cc1. The van der Waals surface area contributed by atoms with Crippen LogP contribution in [0.1, 0.15) is 18.1 Å². The molecule has 0 saturated heterocycles. The Kier molecular flexibility index (Phi) is 6.95. The molecule has 3 aromatic carbocycles. The Bertz CT molecular complexity index is 1130. The second-order valence-electron chi connectivity index (χ2n) is 6.72. The molecule has 0 bridgehead atoms. The summed E-state index contributed by atoms with van der Waals surface area (Å²) in [5, 5.41) is 0. The maximum Gasteiger partial charge on any atom is 0.278 e. The van der Waals surface area contributed by atoms with Crippen molar-refractivity contribution in [3.63, 3.8) is 0 Å². The van der Waals surface area contributed by atoms with Crippen LogP contribution in [0.25, 0.3) is 0 Å². The number of halogens is 1. The Labute approximate surface area is 185 Å². The van der Waals surface area contributed by atoms with Gasteiger partial charge in [-0.1, -0.05) is 43.3 Å². The van der Waals surface area contributed by atoms with E-state index in [1.807, 2.05) is 38.1 Å². The zero-order valence-corrected chi connectivity index (χ0v) is 19.1. The molecule has 30 heavy (non-hydrogen) atoms. The number of carbonyl (C=O) groups excluding carboxylic acids is 1. The molecule has 0 radical (unpaired) electrons. The third kappa shape index (κ3) is 4.91. The highest BCUT2D eigenvalue weighted by Gasteiger charge is 2.31. The summed E-state index contributed by atoms with van der Waals surface area (Å²) < 4.78 is 33.7. The lowest BCUT2D eigenvalue weighted by atomic mass is 10.1. The number of hydrogen-bond acceptors (Lipinski definition) is 4. The molecule has 0 aliphatic carbocycles. The van der Waals surface area contributed by atoms with E-state index in [-0.39, 0.29) is 10.6 Å². The Hall–Kier alpha value is -2.64. The van der Waals surface area contributed by atoms with Gasteiger partial charge < -0.3 is 4.74 Å². The van der Waals surface area contributed by atoms with Gasteiger partial charge in [-0.3, -0.25) is 4.79 Å². The molecule has 0 saturated carbocycles. The summed E-state index contributed by atoms with van der Waals surface area (Å²) in [6.07, 6.45) is 0.810. The van der Waals surface area contributed by atoms with E-state index >= 15 is 0 Å².